The lowest BCUT2D eigenvalue weighted by molar-refractivity contribution is -0.188. The highest BCUT2D eigenvalue weighted by atomic mass is 16.8. The predicted octanol–water partition coefficient (Wildman–Crippen LogP) is 12.2. The highest BCUT2D eigenvalue weighted by Crippen LogP contribution is 2.16. The van der Waals surface area contributed by atoms with Crippen LogP contribution >= 0.6 is 0 Å². The second-order valence-corrected chi connectivity index (χ2v) is 13.6. The summed E-state index contributed by atoms with van der Waals surface area (Å²) in [6, 6.07) is 0. The molecule has 49 heavy (non-hydrogen) atoms. The molecule has 0 aliphatic carbocycles. The molecule has 0 aromatic carbocycles. The molecule has 2 unspecified atom stereocenters. The number of allylic oxidation sites excluding steroid dienone is 2. The molecular formula is C42H82O7. The molecule has 0 N–H and O–H groups in total. The molecular weight excluding hydrogens is 616 g/mol. The smallest absolute Gasteiger partial charge is 0.179 e. The van der Waals surface area contributed by atoms with Gasteiger partial charge in [0.1, 0.15) is 0 Å². The van der Waals surface area contributed by atoms with E-state index < -0.39 is 0 Å². The van der Waals surface area contributed by atoms with Crippen molar-refractivity contribution < 1.29 is 33.2 Å². The van der Waals surface area contributed by atoms with E-state index in [0.717, 1.165) is 25.7 Å². The second-order valence-electron chi connectivity index (χ2n) is 13.6. The fraction of sp³-hybridized carbons (Fsp3) is 0.905. The Morgan fingerprint density at radius 1 is 0.306 bits per heavy atom. The summed E-state index contributed by atoms with van der Waals surface area (Å²) in [6.07, 6.45) is 43.6. The van der Waals surface area contributed by atoms with Crippen LogP contribution in [-0.4, -0.2) is 67.8 Å². The molecule has 7 nitrogen and oxygen atoms in total. The molecule has 0 spiro atoms. The number of hydrogen-bond donors (Lipinski definition) is 0. The van der Waals surface area contributed by atoms with Crippen molar-refractivity contribution in [3.05, 3.63) is 24.3 Å². The summed E-state index contributed by atoms with van der Waals surface area (Å²) in [5.74, 6) is 0. The number of hydrogen-bond acceptors (Lipinski definition) is 7. The zero-order valence-electron chi connectivity index (χ0n) is 33.3. The first-order valence-corrected chi connectivity index (χ1v) is 20.3. The molecule has 2 atom stereocenters. The van der Waals surface area contributed by atoms with Crippen LogP contribution in [0.15, 0.2) is 24.3 Å². The molecule has 0 bridgehead atoms. The minimum atomic E-state index is -0.383. The quantitative estimate of drug-likeness (QED) is 0.0358. The summed E-state index contributed by atoms with van der Waals surface area (Å²) in [6.45, 7) is 0. The van der Waals surface area contributed by atoms with Gasteiger partial charge in [-0.2, -0.15) is 0 Å². The van der Waals surface area contributed by atoms with E-state index >= 15 is 0 Å². The Hall–Kier alpha value is -0.800. The number of methoxy groups -OCH3 is 6. The maximum Gasteiger partial charge on any atom is 0.179 e. The summed E-state index contributed by atoms with van der Waals surface area (Å²) in [4.78, 5) is 0. The maximum atomic E-state index is 5.99. The molecule has 0 rings (SSSR count). The van der Waals surface area contributed by atoms with Crippen molar-refractivity contribution >= 4 is 0 Å². The van der Waals surface area contributed by atoms with Crippen molar-refractivity contribution in [2.45, 2.75) is 205 Å². The Kier molecular flexibility index (Phi) is 39.3. The number of ether oxygens (including phenoxy) is 7. The fourth-order valence-corrected chi connectivity index (χ4v) is 6.25. The molecule has 0 saturated carbocycles. The minimum Gasteiger partial charge on any atom is -0.356 e. The summed E-state index contributed by atoms with van der Waals surface area (Å²) in [5, 5.41) is 0. The summed E-state index contributed by atoms with van der Waals surface area (Å²) < 4.78 is 38.0. The van der Waals surface area contributed by atoms with Crippen molar-refractivity contribution in [3.8, 4) is 0 Å². The predicted molar refractivity (Wildman–Crippen MR) is 206 cm³/mol. The van der Waals surface area contributed by atoms with Crippen LogP contribution in [0.4, 0.5) is 0 Å². The van der Waals surface area contributed by atoms with Gasteiger partial charge in [0.05, 0.1) is 0 Å². The molecule has 0 radical (unpaired) electrons. The highest BCUT2D eigenvalue weighted by Gasteiger charge is 2.10. The van der Waals surface area contributed by atoms with Crippen LogP contribution in [0.1, 0.15) is 180 Å². The van der Waals surface area contributed by atoms with Gasteiger partial charge < -0.3 is 33.2 Å². The van der Waals surface area contributed by atoms with Crippen LogP contribution in [0.25, 0.3) is 0 Å². The Balaban J connectivity index is 3.64. The molecule has 0 fully saturated rings. The topological polar surface area (TPSA) is 64.6 Å². The molecule has 7 heteroatoms. The van der Waals surface area contributed by atoms with E-state index in [1.807, 2.05) is 12.2 Å². The molecule has 292 valence electrons. The van der Waals surface area contributed by atoms with Crippen molar-refractivity contribution in [1.29, 1.82) is 0 Å². The third-order valence-corrected chi connectivity index (χ3v) is 9.49. The lowest BCUT2D eigenvalue weighted by Crippen LogP contribution is -2.22. The lowest BCUT2D eigenvalue weighted by atomic mass is 10.0. The van der Waals surface area contributed by atoms with Gasteiger partial charge in [0.25, 0.3) is 0 Å². The molecule has 0 heterocycles. The summed E-state index contributed by atoms with van der Waals surface area (Å²) in [7, 11) is 10.3. The SMILES string of the molecule is COC(C=CCCCCCCCCCCCCCCC(OC)OC)OC(C=CCCCCCCCCCCCCCCC(OC)OC)OC. The highest BCUT2D eigenvalue weighted by molar-refractivity contribution is 4.89. The molecule has 0 aromatic rings. The van der Waals surface area contributed by atoms with Crippen LogP contribution in [0, 0.1) is 0 Å². The van der Waals surface area contributed by atoms with Crippen LogP contribution in [0.2, 0.25) is 0 Å². The van der Waals surface area contributed by atoms with Gasteiger partial charge in [0.15, 0.2) is 25.2 Å². The standard InChI is InChI=1S/C42H82O7/c1-43-39(44-2)35-31-27-23-19-15-11-7-9-13-17-21-25-29-33-37-41(47-5)49-42(48-6)38-34-30-26-22-18-14-10-8-12-16-20-24-28-32-36-40(45-3)46-4/h33-34,37-42H,7-32,35-36H2,1-6H3. The van der Waals surface area contributed by atoms with Crippen molar-refractivity contribution in [2.24, 2.45) is 0 Å². The minimum absolute atomic E-state index is 0.0294. The molecule has 0 aliphatic heterocycles. The average molecular weight is 699 g/mol. The third-order valence-electron chi connectivity index (χ3n) is 9.49. The first-order valence-electron chi connectivity index (χ1n) is 20.3. The second kappa shape index (κ2) is 40.0. The van der Waals surface area contributed by atoms with E-state index in [-0.39, 0.29) is 25.2 Å². The Morgan fingerprint density at radius 2 is 0.551 bits per heavy atom. The molecule has 0 aromatic heterocycles. The Morgan fingerprint density at radius 3 is 0.796 bits per heavy atom. The van der Waals surface area contributed by atoms with Crippen LogP contribution in [0.3, 0.4) is 0 Å². The van der Waals surface area contributed by atoms with Crippen LogP contribution < -0.4 is 0 Å². The first-order chi connectivity index (χ1) is 24.1. The van der Waals surface area contributed by atoms with E-state index in [1.54, 1.807) is 42.7 Å². The summed E-state index contributed by atoms with van der Waals surface area (Å²) in [5.41, 5.74) is 0. The Bertz CT molecular complexity index is 622. The zero-order valence-corrected chi connectivity index (χ0v) is 33.3. The molecule has 0 aliphatic rings. The van der Waals surface area contributed by atoms with E-state index in [4.69, 9.17) is 33.2 Å². The van der Waals surface area contributed by atoms with Gasteiger partial charge in [0, 0.05) is 42.7 Å². The van der Waals surface area contributed by atoms with Gasteiger partial charge in [-0.15, -0.1) is 0 Å². The van der Waals surface area contributed by atoms with Gasteiger partial charge >= 0.3 is 0 Å². The van der Waals surface area contributed by atoms with E-state index in [2.05, 4.69) is 12.2 Å². The monoisotopic (exact) mass is 699 g/mol. The van der Waals surface area contributed by atoms with E-state index in [9.17, 15) is 0 Å². The zero-order chi connectivity index (χ0) is 35.9. The number of rotatable bonds is 40. The van der Waals surface area contributed by atoms with Gasteiger partial charge in [-0.1, -0.05) is 141 Å². The lowest BCUT2D eigenvalue weighted by Gasteiger charge is -2.18. The largest absolute Gasteiger partial charge is 0.356 e. The summed E-state index contributed by atoms with van der Waals surface area (Å²) >= 11 is 0. The Labute approximate surface area is 304 Å². The van der Waals surface area contributed by atoms with Crippen molar-refractivity contribution in [1.82, 2.24) is 0 Å². The van der Waals surface area contributed by atoms with Crippen molar-refractivity contribution in [2.75, 3.05) is 42.7 Å². The van der Waals surface area contributed by atoms with Gasteiger partial charge in [-0.05, 0) is 63.5 Å². The third kappa shape index (κ3) is 34.1. The van der Waals surface area contributed by atoms with Crippen molar-refractivity contribution in [3.63, 3.8) is 0 Å². The van der Waals surface area contributed by atoms with Crippen LogP contribution in [0.5, 0.6) is 0 Å². The molecule has 0 amide bonds. The first kappa shape index (κ1) is 48.2. The average Bonchev–Trinajstić information content (AvgIpc) is 3.13. The van der Waals surface area contributed by atoms with E-state index in [1.165, 1.54) is 154 Å². The van der Waals surface area contributed by atoms with Gasteiger partial charge in [0.2, 0.25) is 0 Å². The molecule has 0 saturated heterocycles. The maximum absolute atomic E-state index is 5.99. The van der Waals surface area contributed by atoms with Gasteiger partial charge in [-0.25, -0.2) is 0 Å². The fourth-order valence-electron chi connectivity index (χ4n) is 6.25. The van der Waals surface area contributed by atoms with Gasteiger partial charge in [-0.3, -0.25) is 0 Å². The van der Waals surface area contributed by atoms with E-state index in [0.29, 0.717) is 0 Å². The van der Waals surface area contributed by atoms with Crippen LogP contribution in [-0.2, 0) is 33.2 Å². The number of unbranched alkanes of at least 4 members (excludes halogenated alkanes) is 24. The normalized spacial score (nSPS) is 13.6.